The van der Waals surface area contributed by atoms with Crippen LogP contribution in [0.3, 0.4) is 0 Å². The Bertz CT molecular complexity index is 764. The average Bonchev–Trinajstić information content (AvgIpc) is 3.22. The molecule has 3 rings (SSSR count). The maximum Gasteiger partial charge on any atom is 0.318 e. The highest BCUT2D eigenvalue weighted by Gasteiger charge is 2.27. The summed E-state index contributed by atoms with van der Waals surface area (Å²) in [5.41, 5.74) is 1.53. The second kappa shape index (κ2) is 7.18. The van der Waals surface area contributed by atoms with E-state index in [0.717, 1.165) is 5.56 Å². The van der Waals surface area contributed by atoms with Gasteiger partial charge in [-0.2, -0.15) is 4.98 Å². The Labute approximate surface area is 145 Å². The third-order valence-electron chi connectivity index (χ3n) is 4.43. The fourth-order valence-corrected chi connectivity index (χ4v) is 2.90. The molecule has 1 heterocycles. The maximum atomic E-state index is 13.8. The van der Waals surface area contributed by atoms with Gasteiger partial charge in [-0.25, -0.2) is 9.18 Å². The molecule has 25 heavy (non-hydrogen) atoms. The standard InChI is InChI=1S/C17H21FN4O3/c1-10(24-3)16-20-15(25-21-16)9-22(2)17(23)19-14-8-7-11-12(14)5-4-6-13(11)18/h4-6,10,14H,7-9H2,1-3H3,(H,19,23)/t10-,14+/m1/s1. The highest BCUT2D eigenvalue weighted by molar-refractivity contribution is 5.74. The van der Waals surface area contributed by atoms with Crippen molar-refractivity contribution in [3.8, 4) is 0 Å². The van der Waals surface area contributed by atoms with Crippen molar-refractivity contribution in [3.05, 3.63) is 46.9 Å². The molecule has 0 bridgehead atoms. The van der Waals surface area contributed by atoms with E-state index in [1.54, 1.807) is 20.2 Å². The van der Waals surface area contributed by atoms with Crippen molar-refractivity contribution in [3.63, 3.8) is 0 Å². The largest absolute Gasteiger partial charge is 0.374 e. The van der Waals surface area contributed by atoms with Gasteiger partial charge in [-0.1, -0.05) is 17.3 Å². The predicted molar refractivity (Wildman–Crippen MR) is 87.2 cm³/mol. The molecule has 0 fully saturated rings. The number of amides is 2. The Morgan fingerprint density at radius 2 is 2.36 bits per heavy atom. The minimum atomic E-state index is -0.276. The van der Waals surface area contributed by atoms with Crippen LogP contribution in [0.15, 0.2) is 22.7 Å². The molecule has 2 atom stereocenters. The number of nitrogens with one attached hydrogen (secondary N) is 1. The number of methoxy groups -OCH3 is 1. The summed E-state index contributed by atoms with van der Waals surface area (Å²) in [6.45, 7) is 1.99. The number of benzene rings is 1. The van der Waals surface area contributed by atoms with Crippen molar-refractivity contribution >= 4 is 6.03 Å². The highest BCUT2D eigenvalue weighted by atomic mass is 19.1. The second-order valence-corrected chi connectivity index (χ2v) is 6.13. The van der Waals surface area contributed by atoms with Crippen molar-refractivity contribution in [2.24, 2.45) is 0 Å². The maximum absolute atomic E-state index is 13.8. The number of carbonyl (C=O) groups is 1. The molecule has 1 aliphatic carbocycles. The molecular formula is C17H21FN4O3. The van der Waals surface area contributed by atoms with Gasteiger partial charge in [-0.05, 0) is 37.0 Å². The Kier molecular flexibility index (Phi) is 4.98. The first-order valence-electron chi connectivity index (χ1n) is 8.13. The van der Waals surface area contributed by atoms with Crippen molar-refractivity contribution in [2.45, 2.75) is 38.5 Å². The monoisotopic (exact) mass is 348 g/mol. The number of nitrogens with zero attached hydrogens (tertiary/aromatic N) is 3. The number of hydrogen-bond acceptors (Lipinski definition) is 5. The first-order chi connectivity index (χ1) is 12.0. The van der Waals surface area contributed by atoms with Crippen LogP contribution in [0.1, 0.15) is 48.3 Å². The van der Waals surface area contributed by atoms with Gasteiger partial charge in [-0.15, -0.1) is 0 Å². The van der Waals surface area contributed by atoms with Crippen LogP contribution in [0.25, 0.3) is 0 Å². The van der Waals surface area contributed by atoms with Crippen LogP contribution in [0.5, 0.6) is 0 Å². The number of halogens is 1. The minimum absolute atomic E-state index is 0.179. The molecule has 2 aromatic rings. The number of urea groups is 1. The van der Waals surface area contributed by atoms with Crippen LogP contribution in [0, 0.1) is 5.82 Å². The molecule has 1 N–H and O–H groups in total. The van der Waals surface area contributed by atoms with Crippen molar-refractivity contribution in [1.82, 2.24) is 20.4 Å². The molecule has 0 saturated carbocycles. The molecule has 0 unspecified atom stereocenters. The van der Waals surface area contributed by atoms with Gasteiger partial charge >= 0.3 is 6.03 Å². The molecule has 134 valence electrons. The molecule has 0 saturated heterocycles. The van der Waals surface area contributed by atoms with E-state index in [9.17, 15) is 9.18 Å². The lowest BCUT2D eigenvalue weighted by molar-refractivity contribution is 0.109. The lowest BCUT2D eigenvalue weighted by Gasteiger charge is -2.20. The third kappa shape index (κ3) is 3.63. The summed E-state index contributed by atoms with van der Waals surface area (Å²) in [5.74, 6) is 0.550. The Morgan fingerprint density at radius 3 is 3.12 bits per heavy atom. The lowest BCUT2D eigenvalue weighted by atomic mass is 10.1. The smallest absolute Gasteiger partial charge is 0.318 e. The van der Waals surface area contributed by atoms with Gasteiger partial charge in [0.05, 0.1) is 6.04 Å². The van der Waals surface area contributed by atoms with Gasteiger partial charge < -0.3 is 19.5 Å². The van der Waals surface area contributed by atoms with Gasteiger partial charge in [0.25, 0.3) is 0 Å². The summed E-state index contributed by atoms with van der Waals surface area (Å²) in [6.07, 6.45) is 1.03. The Morgan fingerprint density at radius 1 is 1.56 bits per heavy atom. The van der Waals surface area contributed by atoms with E-state index in [1.807, 2.05) is 13.0 Å². The van der Waals surface area contributed by atoms with Crippen LogP contribution in [-0.2, 0) is 17.7 Å². The molecule has 1 aromatic carbocycles. The lowest BCUT2D eigenvalue weighted by Crippen LogP contribution is -2.38. The fourth-order valence-electron chi connectivity index (χ4n) is 2.90. The van der Waals surface area contributed by atoms with Crippen LogP contribution in [-0.4, -0.2) is 35.2 Å². The summed E-state index contributed by atoms with van der Waals surface area (Å²) in [6, 6.07) is 4.50. The summed E-state index contributed by atoms with van der Waals surface area (Å²) in [4.78, 5) is 18.1. The molecule has 1 aliphatic rings. The zero-order valence-corrected chi connectivity index (χ0v) is 14.5. The van der Waals surface area contributed by atoms with E-state index in [-0.39, 0.29) is 30.5 Å². The molecule has 0 radical (unpaired) electrons. The quantitative estimate of drug-likeness (QED) is 0.899. The normalized spacial score (nSPS) is 17.2. The molecule has 0 spiro atoms. The fraction of sp³-hybridized carbons (Fsp3) is 0.471. The van der Waals surface area contributed by atoms with Crippen molar-refractivity contribution in [2.75, 3.05) is 14.2 Å². The zero-order valence-electron chi connectivity index (χ0n) is 14.5. The molecule has 7 nitrogen and oxygen atoms in total. The van der Waals surface area contributed by atoms with Crippen molar-refractivity contribution < 1.29 is 18.4 Å². The predicted octanol–water partition coefficient (Wildman–Crippen LogP) is 2.75. The van der Waals surface area contributed by atoms with Crippen molar-refractivity contribution in [1.29, 1.82) is 0 Å². The first kappa shape index (κ1) is 17.3. The number of hydrogen-bond donors (Lipinski definition) is 1. The Balaban J connectivity index is 1.61. The van der Waals surface area contributed by atoms with Gasteiger partial charge in [0.15, 0.2) is 5.82 Å². The highest BCUT2D eigenvalue weighted by Crippen LogP contribution is 2.32. The van der Waals surface area contributed by atoms with Gasteiger partial charge in [0, 0.05) is 14.2 Å². The number of ether oxygens (including phenoxy) is 1. The van der Waals surface area contributed by atoms with Gasteiger partial charge in [0.1, 0.15) is 18.5 Å². The van der Waals surface area contributed by atoms with Gasteiger partial charge in [0.2, 0.25) is 5.89 Å². The molecule has 2 amide bonds. The second-order valence-electron chi connectivity index (χ2n) is 6.13. The number of carbonyl (C=O) groups excluding carboxylic acids is 1. The number of rotatable bonds is 5. The van der Waals surface area contributed by atoms with Gasteiger partial charge in [-0.3, -0.25) is 0 Å². The minimum Gasteiger partial charge on any atom is -0.374 e. The SMILES string of the molecule is CO[C@H](C)c1noc(CN(C)C(=O)N[C@H]2CCc3c(F)cccc32)n1. The zero-order chi connectivity index (χ0) is 18.0. The van der Waals surface area contributed by atoms with E-state index in [4.69, 9.17) is 9.26 Å². The van der Waals surface area contributed by atoms with Crippen LogP contribution in [0.2, 0.25) is 0 Å². The number of fused-ring (bicyclic) bond motifs is 1. The number of aromatic nitrogens is 2. The first-order valence-corrected chi connectivity index (χ1v) is 8.13. The summed E-state index contributed by atoms with van der Waals surface area (Å²) in [5, 5.41) is 6.76. The summed E-state index contributed by atoms with van der Waals surface area (Å²) < 4.78 is 24.0. The van der Waals surface area contributed by atoms with E-state index in [0.29, 0.717) is 30.1 Å². The van der Waals surface area contributed by atoms with E-state index in [2.05, 4.69) is 15.5 Å². The van der Waals surface area contributed by atoms with Crippen LogP contribution < -0.4 is 5.32 Å². The molecule has 8 heteroatoms. The average molecular weight is 348 g/mol. The van der Waals surface area contributed by atoms with E-state index in [1.165, 1.54) is 11.0 Å². The van der Waals surface area contributed by atoms with E-state index < -0.39 is 0 Å². The van der Waals surface area contributed by atoms with Crippen LogP contribution >= 0.6 is 0 Å². The topological polar surface area (TPSA) is 80.5 Å². The molecular weight excluding hydrogens is 327 g/mol. The molecule has 0 aliphatic heterocycles. The van der Waals surface area contributed by atoms with E-state index >= 15 is 0 Å². The van der Waals surface area contributed by atoms with Crippen LogP contribution in [0.4, 0.5) is 9.18 Å². The summed E-state index contributed by atoms with van der Waals surface area (Å²) in [7, 11) is 3.20. The summed E-state index contributed by atoms with van der Waals surface area (Å²) >= 11 is 0. The third-order valence-corrected chi connectivity index (χ3v) is 4.43. The molecule has 1 aromatic heterocycles. The Hall–Kier alpha value is -2.48.